The molecule has 7 heteroatoms. The molecule has 0 saturated carbocycles. The number of para-hydroxylation sites is 1. The Balaban J connectivity index is 1.53. The van der Waals surface area contributed by atoms with E-state index in [1.54, 1.807) is 6.07 Å². The van der Waals surface area contributed by atoms with Crippen LogP contribution in [-0.4, -0.2) is 39.7 Å². The van der Waals surface area contributed by atoms with Gasteiger partial charge in [0.25, 0.3) is 0 Å². The van der Waals surface area contributed by atoms with Gasteiger partial charge in [0.15, 0.2) is 0 Å². The van der Waals surface area contributed by atoms with Crippen LogP contribution in [0.15, 0.2) is 48.7 Å². The van der Waals surface area contributed by atoms with Gasteiger partial charge in [0.2, 0.25) is 5.95 Å². The largest absolute Gasteiger partial charge is 0.444 e. The lowest BCUT2D eigenvalue weighted by atomic mass is 10.1. The number of halogens is 1. The number of hydrogen-bond donors (Lipinski definition) is 2. The van der Waals surface area contributed by atoms with E-state index in [9.17, 15) is 9.18 Å². The van der Waals surface area contributed by atoms with Gasteiger partial charge in [0.05, 0.1) is 5.69 Å². The van der Waals surface area contributed by atoms with Gasteiger partial charge in [-0.05, 0) is 63.9 Å². The van der Waals surface area contributed by atoms with Gasteiger partial charge in [-0.25, -0.2) is 9.78 Å². The number of ether oxygens (including phenoxy) is 1. The number of alkyl carbamates (subject to hydrolysis) is 1. The number of nitrogens with one attached hydrogen (secondary N) is 2. The van der Waals surface area contributed by atoms with Crippen molar-refractivity contribution in [3.8, 4) is 0 Å². The molecule has 0 aliphatic rings. The van der Waals surface area contributed by atoms with Crippen LogP contribution in [0.2, 0.25) is 0 Å². The van der Waals surface area contributed by atoms with E-state index in [0.717, 1.165) is 43.6 Å². The van der Waals surface area contributed by atoms with E-state index in [1.165, 1.54) is 17.0 Å². The van der Waals surface area contributed by atoms with Gasteiger partial charge in [0, 0.05) is 36.7 Å². The summed E-state index contributed by atoms with van der Waals surface area (Å²) in [7, 11) is 0. The molecule has 0 unspecified atom stereocenters. The van der Waals surface area contributed by atoms with Crippen molar-refractivity contribution in [2.45, 2.75) is 58.7 Å². The number of benzene rings is 1. The highest BCUT2D eigenvalue weighted by atomic mass is 19.1. The molecule has 0 aliphatic carbocycles. The zero-order chi connectivity index (χ0) is 23.0. The lowest BCUT2D eigenvalue weighted by Crippen LogP contribution is -2.33. The fourth-order valence-corrected chi connectivity index (χ4v) is 3.63. The number of fused-ring (bicyclic) bond motifs is 1. The number of aromatic amines is 1. The smallest absolute Gasteiger partial charge is 0.407 e. The van der Waals surface area contributed by atoms with Gasteiger partial charge in [-0.2, -0.15) is 4.39 Å². The van der Waals surface area contributed by atoms with Crippen LogP contribution in [0.25, 0.3) is 10.9 Å². The third kappa shape index (κ3) is 7.64. The number of unbranched alkanes of at least 4 members (excludes halogenated alkanes) is 2. The van der Waals surface area contributed by atoms with Crippen LogP contribution in [0.3, 0.4) is 0 Å². The zero-order valence-corrected chi connectivity index (χ0v) is 19.2. The summed E-state index contributed by atoms with van der Waals surface area (Å²) in [5.74, 6) is -0.456. The predicted octanol–water partition coefficient (Wildman–Crippen LogP) is 5.40. The van der Waals surface area contributed by atoms with Crippen molar-refractivity contribution in [1.82, 2.24) is 20.2 Å². The molecule has 0 fully saturated rings. The van der Waals surface area contributed by atoms with E-state index in [2.05, 4.69) is 32.3 Å². The second-order valence-electron chi connectivity index (χ2n) is 9.01. The number of carbonyl (C=O) groups is 1. The molecule has 2 N–H and O–H groups in total. The fourth-order valence-electron chi connectivity index (χ4n) is 3.63. The highest BCUT2D eigenvalue weighted by Crippen LogP contribution is 2.20. The number of carbonyl (C=O) groups excluding carboxylic acids is 1. The lowest BCUT2D eigenvalue weighted by Gasteiger charge is -2.22. The van der Waals surface area contributed by atoms with Crippen molar-refractivity contribution in [1.29, 1.82) is 0 Å². The van der Waals surface area contributed by atoms with Crippen LogP contribution in [0.1, 0.15) is 51.3 Å². The van der Waals surface area contributed by atoms with Crippen molar-refractivity contribution >= 4 is 17.0 Å². The second kappa shape index (κ2) is 11.1. The molecule has 0 spiro atoms. The van der Waals surface area contributed by atoms with E-state index >= 15 is 0 Å². The van der Waals surface area contributed by atoms with Crippen molar-refractivity contribution < 1.29 is 13.9 Å². The maximum atomic E-state index is 13.6. The maximum Gasteiger partial charge on any atom is 0.407 e. The van der Waals surface area contributed by atoms with Crippen LogP contribution in [0.5, 0.6) is 0 Å². The summed E-state index contributed by atoms with van der Waals surface area (Å²) < 4.78 is 18.8. The minimum Gasteiger partial charge on any atom is -0.444 e. The van der Waals surface area contributed by atoms with Crippen molar-refractivity contribution in [3.63, 3.8) is 0 Å². The Labute approximate surface area is 189 Å². The molecule has 1 amide bonds. The summed E-state index contributed by atoms with van der Waals surface area (Å²) in [5.41, 5.74) is 2.55. The molecule has 2 heterocycles. The molecule has 2 aromatic heterocycles. The van der Waals surface area contributed by atoms with E-state index in [0.29, 0.717) is 13.1 Å². The van der Waals surface area contributed by atoms with Crippen molar-refractivity contribution in [2.24, 2.45) is 0 Å². The number of rotatable bonds is 10. The Morgan fingerprint density at radius 1 is 1.09 bits per heavy atom. The normalized spacial score (nSPS) is 11.8. The first-order valence-corrected chi connectivity index (χ1v) is 11.2. The Morgan fingerprint density at radius 2 is 1.91 bits per heavy atom. The molecule has 0 radical (unpaired) electrons. The van der Waals surface area contributed by atoms with E-state index < -0.39 is 11.5 Å². The van der Waals surface area contributed by atoms with Gasteiger partial charge in [0.1, 0.15) is 5.60 Å². The first-order chi connectivity index (χ1) is 15.3. The molecule has 32 heavy (non-hydrogen) atoms. The first kappa shape index (κ1) is 23.7. The van der Waals surface area contributed by atoms with Crippen LogP contribution in [0.4, 0.5) is 9.18 Å². The number of aromatic nitrogens is 2. The number of nitrogens with zero attached hydrogens (tertiary/aromatic N) is 2. The van der Waals surface area contributed by atoms with Gasteiger partial charge in [-0.15, -0.1) is 0 Å². The minimum absolute atomic E-state index is 0.379. The lowest BCUT2D eigenvalue weighted by molar-refractivity contribution is 0.0527. The molecule has 0 bridgehead atoms. The molecule has 0 saturated heterocycles. The summed E-state index contributed by atoms with van der Waals surface area (Å²) in [4.78, 5) is 21.4. The quantitative estimate of drug-likeness (QED) is 0.327. The molecule has 0 aliphatic heterocycles. The van der Waals surface area contributed by atoms with E-state index in [1.807, 2.05) is 45.2 Å². The summed E-state index contributed by atoms with van der Waals surface area (Å²) in [6.07, 6.45) is 4.47. The number of H-pyrrole nitrogens is 1. The number of hydrogen-bond acceptors (Lipinski definition) is 4. The summed E-state index contributed by atoms with van der Waals surface area (Å²) in [6, 6.07) is 13.2. The Morgan fingerprint density at radius 3 is 2.69 bits per heavy atom. The average Bonchev–Trinajstić information content (AvgIpc) is 3.12. The summed E-state index contributed by atoms with van der Waals surface area (Å²) in [5, 5.41) is 4.00. The Kier molecular flexibility index (Phi) is 8.22. The number of pyridine rings is 1. The Bertz CT molecular complexity index is 1010. The van der Waals surface area contributed by atoms with Gasteiger partial charge >= 0.3 is 6.09 Å². The summed E-state index contributed by atoms with van der Waals surface area (Å²) in [6.45, 7) is 8.31. The topological polar surface area (TPSA) is 70.2 Å². The van der Waals surface area contributed by atoms with Crippen LogP contribution in [0, 0.1) is 5.95 Å². The van der Waals surface area contributed by atoms with Gasteiger partial charge < -0.3 is 15.0 Å². The van der Waals surface area contributed by atoms with Crippen LogP contribution >= 0.6 is 0 Å². The van der Waals surface area contributed by atoms with Crippen LogP contribution in [-0.2, 0) is 17.8 Å². The fraction of sp³-hybridized carbons (Fsp3) is 0.440. The molecule has 6 nitrogen and oxygen atoms in total. The third-order valence-corrected chi connectivity index (χ3v) is 5.05. The predicted molar refractivity (Wildman–Crippen MR) is 125 cm³/mol. The summed E-state index contributed by atoms with van der Waals surface area (Å²) >= 11 is 0. The number of amides is 1. The monoisotopic (exact) mass is 440 g/mol. The SMILES string of the molecule is CC(C)(C)OC(=O)NCCCCCN(Cc1cccc(F)n1)Cc1c[nH]c2ccccc12. The highest BCUT2D eigenvalue weighted by molar-refractivity contribution is 5.82. The molecule has 3 aromatic rings. The van der Waals surface area contributed by atoms with E-state index in [4.69, 9.17) is 4.74 Å². The molecule has 0 atom stereocenters. The molecule has 3 rings (SSSR count). The average molecular weight is 441 g/mol. The molecule has 1 aromatic carbocycles. The van der Waals surface area contributed by atoms with Gasteiger partial charge in [-0.1, -0.05) is 30.7 Å². The van der Waals surface area contributed by atoms with Crippen molar-refractivity contribution in [3.05, 3.63) is 65.9 Å². The van der Waals surface area contributed by atoms with Gasteiger partial charge in [-0.3, -0.25) is 4.90 Å². The third-order valence-electron chi connectivity index (χ3n) is 5.05. The highest BCUT2D eigenvalue weighted by Gasteiger charge is 2.15. The minimum atomic E-state index is -0.488. The Hall–Kier alpha value is -2.93. The first-order valence-electron chi connectivity index (χ1n) is 11.2. The van der Waals surface area contributed by atoms with Crippen LogP contribution < -0.4 is 5.32 Å². The molecular formula is C25H33FN4O2. The standard InChI is InChI=1S/C25H33FN4O2/c1-25(2,3)32-24(31)27-14-7-4-8-15-30(18-20-10-9-13-23(26)29-20)17-19-16-28-22-12-6-5-11-21(19)22/h5-6,9-13,16,28H,4,7-8,14-15,17-18H2,1-3H3,(H,27,31). The van der Waals surface area contributed by atoms with E-state index in [-0.39, 0.29) is 6.09 Å². The molecule has 172 valence electrons. The maximum absolute atomic E-state index is 13.6. The zero-order valence-electron chi connectivity index (χ0n) is 19.2. The van der Waals surface area contributed by atoms with Crippen molar-refractivity contribution in [2.75, 3.05) is 13.1 Å². The second-order valence-corrected chi connectivity index (χ2v) is 9.01. The molecular weight excluding hydrogens is 407 g/mol.